The molecule has 13 heavy (non-hydrogen) atoms. The third kappa shape index (κ3) is 1.16. The van der Waals surface area contributed by atoms with Gasteiger partial charge in [0.1, 0.15) is 5.65 Å². The van der Waals surface area contributed by atoms with Gasteiger partial charge in [-0.1, -0.05) is 0 Å². The van der Waals surface area contributed by atoms with Crippen molar-refractivity contribution < 1.29 is 9.53 Å². The van der Waals surface area contributed by atoms with Crippen LogP contribution in [0.4, 0.5) is 0 Å². The summed E-state index contributed by atoms with van der Waals surface area (Å²) in [5.41, 5.74) is 1.25. The number of hydrogen-bond acceptors (Lipinski definition) is 3. The Hall–Kier alpha value is -1.84. The van der Waals surface area contributed by atoms with Crippen molar-refractivity contribution in [3.05, 3.63) is 23.9 Å². The van der Waals surface area contributed by atoms with Gasteiger partial charge in [-0.3, -0.25) is 4.79 Å². The number of aromatic nitrogens is 2. The molecule has 0 fully saturated rings. The van der Waals surface area contributed by atoms with Crippen molar-refractivity contribution in [1.29, 1.82) is 0 Å². The van der Waals surface area contributed by atoms with Gasteiger partial charge in [0.25, 0.3) is 0 Å². The Kier molecular flexibility index (Phi) is 1.73. The number of carbonyl (C=O) groups excluding carboxylic acids is 1. The predicted molar refractivity (Wildman–Crippen MR) is 48.0 cm³/mol. The van der Waals surface area contributed by atoms with Crippen LogP contribution >= 0.6 is 0 Å². The highest BCUT2D eigenvalue weighted by atomic mass is 16.5. The molecule has 0 radical (unpaired) electrons. The van der Waals surface area contributed by atoms with Crippen molar-refractivity contribution in [3.8, 4) is 5.88 Å². The molecule has 0 aliphatic carbocycles. The number of hydrogen-bond donors (Lipinski definition) is 1. The molecule has 1 N–H and O–H groups in total. The van der Waals surface area contributed by atoms with Gasteiger partial charge in [0.05, 0.1) is 7.11 Å². The second-order valence-corrected chi connectivity index (χ2v) is 2.61. The maximum atomic E-state index is 10.7. The summed E-state index contributed by atoms with van der Waals surface area (Å²) in [6.07, 6.45) is 2.53. The minimum absolute atomic E-state index is 0.442. The van der Waals surface area contributed by atoms with E-state index >= 15 is 0 Å². The Bertz CT molecular complexity index is 448. The minimum Gasteiger partial charge on any atom is -0.481 e. The number of fused-ring (bicyclic) bond motifs is 1. The van der Waals surface area contributed by atoms with E-state index in [1.54, 1.807) is 12.3 Å². The van der Waals surface area contributed by atoms with Crippen LogP contribution in [0.5, 0.6) is 5.88 Å². The molecule has 0 atom stereocenters. The summed E-state index contributed by atoms with van der Waals surface area (Å²) < 4.78 is 4.94. The van der Waals surface area contributed by atoms with Crippen LogP contribution < -0.4 is 4.74 Å². The molecule has 2 rings (SSSR count). The monoisotopic (exact) mass is 176 g/mol. The van der Waals surface area contributed by atoms with Gasteiger partial charge < -0.3 is 9.72 Å². The smallest absolute Gasteiger partial charge is 0.215 e. The maximum Gasteiger partial charge on any atom is 0.215 e. The molecule has 0 amide bonds. The summed E-state index contributed by atoms with van der Waals surface area (Å²) in [4.78, 5) is 17.7. The molecule has 66 valence electrons. The number of pyridine rings is 1. The second kappa shape index (κ2) is 2.90. The molecule has 0 unspecified atom stereocenters. The average Bonchev–Trinajstić information content (AvgIpc) is 2.63. The second-order valence-electron chi connectivity index (χ2n) is 2.61. The Labute approximate surface area is 74.5 Å². The standard InChI is InChI=1S/C9H8N2O2/c1-13-8-4-6(5-12)7-2-3-10-9(7)11-8/h2-5H,1H3,(H,10,11). The van der Waals surface area contributed by atoms with E-state index in [1.807, 2.05) is 6.07 Å². The lowest BCUT2D eigenvalue weighted by atomic mass is 10.2. The third-order valence-electron chi connectivity index (χ3n) is 1.87. The average molecular weight is 176 g/mol. The van der Waals surface area contributed by atoms with E-state index in [0.717, 1.165) is 11.7 Å². The lowest BCUT2D eigenvalue weighted by molar-refractivity contribution is 0.112. The number of aldehydes is 1. The van der Waals surface area contributed by atoms with Crippen molar-refractivity contribution in [1.82, 2.24) is 9.97 Å². The lowest BCUT2D eigenvalue weighted by Crippen LogP contribution is -1.91. The Morgan fingerprint density at radius 1 is 1.62 bits per heavy atom. The molecular weight excluding hydrogens is 168 g/mol. The Balaban J connectivity index is 2.77. The van der Waals surface area contributed by atoms with Crippen LogP contribution in [0.2, 0.25) is 0 Å². The molecule has 0 saturated carbocycles. The van der Waals surface area contributed by atoms with Crippen molar-refractivity contribution in [2.24, 2.45) is 0 Å². The van der Waals surface area contributed by atoms with Crippen LogP contribution in [0.25, 0.3) is 11.0 Å². The molecule has 2 aromatic rings. The van der Waals surface area contributed by atoms with Crippen LogP contribution in [-0.4, -0.2) is 23.4 Å². The number of carbonyl (C=O) groups is 1. The SMILES string of the molecule is COc1cc(C=O)c2cc[nH]c2n1. The topological polar surface area (TPSA) is 55.0 Å². The summed E-state index contributed by atoms with van der Waals surface area (Å²) in [6, 6.07) is 3.43. The van der Waals surface area contributed by atoms with Gasteiger partial charge in [0.2, 0.25) is 5.88 Å². The zero-order valence-corrected chi connectivity index (χ0v) is 7.07. The minimum atomic E-state index is 0.442. The number of H-pyrrole nitrogens is 1. The van der Waals surface area contributed by atoms with E-state index in [0.29, 0.717) is 17.1 Å². The van der Waals surface area contributed by atoms with Gasteiger partial charge in [-0.15, -0.1) is 0 Å². The molecule has 0 saturated heterocycles. The van der Waals surface area contributed by atoms with Crippen molar-refractivity contribution >= 4 is 17.3 Å². The van der Waals surface area contributed by atoms with Gasteiger partial charge >= 0.3 is 0 Å². The van der Waals surface area contributed by atoms with Gasteiger partial charge in [-0.25, -0.2) is 0 Å². The lowest BCUT2D eigenvalue weighted by Gasteiger charge is -1.99. The van der Waals surface area contributed by atoms with Crippen molar-refractivity contribution in [3.63, 3.8) is 0 Å². The number of nitrogens with zero attached hydrogens (tertiary/aromatic N) is 1. The number of aromatic amines is 1. The van der Waals surface area contributed by atoms with Crippen LogP contribution in [0, 0.1) is 0 Å². The fraction of sp³-hybridized carbons (Fsp3) is 0.111. The quantitative estimate of drug-likeness (QED) is 0.703. The molecule has 4 nitrogen and oxygen atoms in total. The van der Waals surface area contributed by atoms with Crippen LogP contribution in [0.1, 0.15) is 10.4 Å². The summed E-state index contributed by atoms with van der Waals surface area (Å²) in [7, 11) is 1.52. The third-order valence-corrected chi connectivity index (χ3v) is 1.87. The first-order valence-corrected chi connectivity index (χ1v) is 3.82. The fourth-order valence-electron chi connectivity index (χ4n) is 1.24. The Morgan fingerprint density at radius 2 is 2.46 bits per heavy atom. The largest absolute Gasteiger partial charge is 0.481 e. The molecule has 2 heterocycles. The van der Waals surface area contributed by atoms with Crippen molar-refractivity contribution in [2.45, 2.75) is 0 Å². The van der Waals surface area contributed by atoms with Crippen molar-refractivity contribution in [2.75, 3.05) is 7.11 Å². The molecule has 2 aromatic heterocycles. The summed E-state index contributed by atoms with van der Waals surface area (Å²) >= 11 is 0. The molecule has 0 spiro atoms. The van der Waals surface area contributed by atoms with E-state index in [9.17, 15) is 4.79 Å². The molecule has 0 bridgehead atoms. The van der Waals surface area contributed by atoms with Gasteiger partial charge in [-0.05, 0) is 6.07 Å². The highest BCUT2D eigenvalue weighted by Crippen LogP contribution is 2.19. The first-order valence-electron chi connectivity index (χ1n) is 3.82. The molecule has 0 aliphatic heterocycles. The van der Waals surface area contributed by atoms with Crippen LogP contribution in [0.3, 0.4) is 0 Å². The molecule has 0 aromatic carbocycles. The summed E-state index contributed by atoms with van der Waals surface area (Å²) in [5.74, 6) is 0.442. The van der Waals surface area contributed by atoms with E-state index in [-0.39, 0.29) is 0 Å². The van der Waals surface area contributed by atoms with E-state index in [2.05, 4.69) is 9.97 Å². The van der Waals surface area contributed by atoms with E-state index in [4.69, 9.17) is 4.74 Å². The van der Waals surface area contributed by atoms with Crippen LogP contribution in [0.15, 0.2) is 18.3 Å². The van der Waals surface area contributed by atoms with E-state index in [1.165, 1.54) is 7.11 Å². The number of methoxy groups -OCH3 is 1. The predicted octanol–water partition coefficient (Wildman–Crippen LogP) is 1.38. The van der Waals surface area contributed by atoms with Gasteiger partial charge in [0, 0.05) is 23.2 Å². The summed E-state index contributed by atoms with van der Waals surface area (Å²) in [5, 5.41) is 0.816. The Morgan fingerprint density at radius 3 is 3.15 bits per heavy atom. The molecule has 0 aliphatic rings. The number of rotatable bonds is 2. The van der Waals surface area contributed by atoms with Gasteiger partial charge in [0.15, 0.2) is 6.29 Å². The van der Waals surface area contributed by atoms with E-state index < -0.39 is 0 Å². The fourth-order valence-corrected chi connectivity index (χ4v) is 1.24. The highest BCUT2D eigenvalue weighted by molar-refractivity contribution is 5.95. The molecular formula is C9H8N2O2. The zero-order chi connectivity index (χ0) is 9.26. The number of nitrogens with one attached hydrogen (secondary N) is 1. The highest BCUT2D eigenvalue weighted by Gasteiger charge is 2.05. The first kappa shape index (κ1) is 7.79. The zero-order valence-electron chi connectivity index (χ0n) is 7.07. The number of ether oxygens (including phenoxy) is 1. The normalized spacial score (nSPS) is 10.2. The molecule has 4 heteroatoms. The first-order chi connectivity index (χ1) is 6.35. The maximum absolute atomic E-state index is 10.7. The van der Waals surface area contributed by atoms with Crippen LogP contribution in [-0.2, 0) is 0 Å². The van der Waals surface area contributed by atoms with Gasteiger partial charge in [-0.2, -0.15) is 4.98 Å². The summed E-state index contributed by atoms with van der Waals surface area (Å²) in [6.45, 7) is 0.